The molecular weight excluding hydrogens is 406 g/mol. The smallest absolute Gasteiger partial charge is 0.270 e. The lowest BCUT2D eigenvalue weighted by atomic mass is 10.0. The Hall–Kier alpha value is -3.39. The minimum Gasteiger partial charge on any atom is -0.497 e. The van der Waals surface area contributed by atoms with E-state index >= 15 is 0 Å². The van der Waals surface area contributed by atoms with Crippen LogP contribution in [-0.4, -0.2) is 60.9 Å². The number of nitrogens with one attached hydrogen (secondary N) is 2. The molecule has 155 valence electrons. The Balaban J connectivity index is 1.41. The van der Waals surface area contributed by atoms with E-state index in [0.717, 1.165) is 47.3 Å². The Bertz CT molecular complexity index is 1220. The van der Waals surface area contributed by atoms with Crippen LogP contribution in [0.15, 0.2) is 54.9 Å². The third-order valence-corrected chi connectivity index (χ3v) is 6.62. The molecule has 2 atom stereocenters. The van der Waals surface area contributed by atoms with Gasteiger partial charge in [-0.2, -0.15) is 5.10 Å². The van der Waals surface area contributed by atoms with Crippen LogP contribution in [-0.2, 0) is 0 Å². The van der Waals surface area contributed by atoms with Crippen LogP contribution >= 0.6 is 0 Å². The minimum absolute atomic E-state index is 0.00323. The topological polar surface area (TPSA) is 86.9 Å². The van der Waals surface area contributed by atoms with E-state index in [4.69, 9.17) is 4.74 Å². The lowest BCUT2D eigenvalue weighted by Gasteiger charge is -2.29. The Morgan fingerprint density at radius 2 is 2.19 bits per heavy atom. The van der Waals surface area contributed by atoms with Crippen molar-refractivity contribution in [3.8, 4) is 17.0 Å². The van der Waals surface area contributed by atoms with Crippen molar-refractivity contribution in [1.82, 2.24) is 25.1 Å². The number of benzene rings is 1. The van der Waals surface area contributed by atoms with E-state index in [1.807, 2.05) is 41.3 Å². The van der Waals surface area contributed by atoms with Gasteiger partial charge in [0.25, 0.3) is 5.91 Å². The molecule has 3 radical (unpaired) electrons. The molecule has 1 fully saturated rings. The number of aromatic nitrogens is 4. The van der Waals surface area contributed by atoms with Crippen LogP contribution in [0.4, 0.5) is 0 Å². The molecule has 1 aliphatic heterocycles. The highest BCUT2D eigenvalue weighted by Crippen LogP contribution is 2.32. The highest BCUT2D eigenvalue weighted by atomic mass is 28.1. The number of hydrogen-bond donors (Lipinski definition) is 2. The predicted octanol–water partition coefficient (Wildman–Crippen LogP) is 3.48. The van der Waals surface area contributed by atoms with Crippen molar-refractivity contribution in [2.45, 2.75) is 24.4 Å². The molecule has 0 bridgehead atoms. The van der Waals surface area contributed by atoms with Gasteiger partial charge in [0.2, 0.25) is 0 Å². The Kier molecular flexibility index (Phi) is 5.07. The fourth-order valence-electron chi connectivity index (χ4n) is 4.28. The average molecular weight is 429 g/mol. The second-order valence-electron chi connectivity index (χ2n) is 7.77. The molecule has 0 saturated carbocycles. The van der Waals surface area contributed by atoms with E-state index < -0.39 is 0 Å². The van der Waals surface area contributed by atoms with Crippen LogP contribution in [0.25, 0.3) is 22.3 Å². The maximum atomic E-state index is 13.4. The van der Waals surface area contributed by atoms with E-state index in [1.165, 1.54) is 0 Å². The van der Waals surface area contributed by atoms with Crippen molar-refractivity contribution in [3.63, 3.8) is 0 Å². The van der Waals surface area contributed by atoms with Gasteiger partial charge in [-0.15, -0.1) is 0 Å². The molecule has 1 aromatic carbocycles. The Morgan fingerprint density at radius 3 is 3.00 bits per heavy atom. The second kappa shape index (κ2) is 8.03. The number of amides is 1. The zero-order chi connectivity index (χ0) is 21.4. The molecule has 4 aromatic rings. The third kappa shape index (κ3) is 3.63. The zero-order valence-corrected chi connectivity index (χ0v) is 18.1. The van der Waals surface area contributed by atoms with Gasteiger partial charge in [0, 0.05) is 40.0 Å². The number of ether oxygens (including phenoxy) is 1. The molecule has 4 heterocycles. The average Bonchev–Trinajstić information content (AvgIpc) is 3.57. The van der Waals surface area contributed by atoms with E-state index in [0.29, 0.717) is 11.3 Å². The normalized spacial score (nSPS) is 17.2. The van der Waals surface area contributed by atoms with Crippen molar-refractivity contribution in [1.29, 1.82) is 0 Å². The summed E-state index contributed by atoms with van der Waals surface area (Å²) in [5.41, 5.74) is 4.09. The van der Waals surface area contributed by atoms with E-state index in [-0.39, 0.29) is 17.5 Å². The molecule has 1 amide bonds. The van der Waals surface area contributed by atoms with Crippen LogP contribution in [0.1, 0.15) is 34.4 Å². The fourth-order valence-corrected chi connectivity index (χ4v) is 4.80. The van der Waals surface area contributed by atoms with Gasteiger partial charge in [-0.25, -0.2) is 4.98 Å². The number of H-pyrrole nitrogens is 2. The lowest BCUT2D eigenvalue weighted by Crippen LogP contribution is -2.39. The number of methoxy groups -OCH3 is 1. The van der Waals surface area contributed by atoms with Gasteiger partial charge in [0.05, 0.1) is 19.0 Å². The Morgan fingerprint density at radius 1 is 1.29 bits per heavy atom. The van der Waals surface area contributed by atoms with Crippen LogP contribution in [0, 0.1) is 0 Å². The fraction of sp³-hybridized carbons (Fsp3) is 0.261. The molecule has 0 aliphatic carbocycles. The number of carbonyl (C=O) groups excluding carboxylic acids is 1. The third-order valence-electron chi connectivity index (χ3n) is 5.90. The molecular formula is C23H22N5O2Si. The summed E-state index contributed by atoms with van der Waals surface area (Å²) in [5.74, 6) is 0.809. The van der Waals surface area contributed by atoms with Gasteiger partial charge >= 0.3 is 0 Å². The molecule has 0 unspecified atom stereocenters. The van der Waals surface area contributed by atoms with Crippen LogP contribution < -0.4 is 4.74 Å². The van der Waals surface area contributed by atoms with Gasteiger partial charge in [-0.05, 0) is 54.3 Å². The number of pyridine rings is 1. The number of aromatic amines is 2. The summed E-state index contributed by atoms with van der Waals surface area (Å²) in [6, 6.07) is 13.8. The summed E-state index contributed by atoms with van der Waals surface area (Å²) in [6.45, 7) is 0.734. The molecule has 3 aromatic heterocycles. The van der Waals surface area contributed by atoms with E-state index in [2.05, 4.69) is 36.5 Å². The number of likely N-dealkylation sites (tertiary alicyclic amines) is 1. The number of carbonyl (C=O) groups is 1. The summed E-state index contributed by atoms with van der Waals surface area (Å²) in [7, 11) is 5.57. The van der Waals surface area contributed by atoms with Crippen molar-refractivity contribution in [2.75, 3.05) is 13.7 Å². The van der Waals surface area contributed by atoms with Gasteiger partial charge in [-0.3, -0.25) is 9.89 Å². The second-order valence-corrected chi connectivity index (χ2v) is 8.39. The number of fused-ring (bicyclic) bond motifs is 1. The number of nitrogens with zero attached hydrogens (tertiary/aromatic N) is 3. The number of hydrogen-bond acceptors (Lipinski definition) is 4. The monoisotopic (exact) mass is 428 g/mol. The van der Waals surface area contributed by atoms with E-state index in [9.17, 15) is 4.79 Å². The molecule has 7 nitrogen and oxygen atoms in total. The highest BCUT2D eigenvalue weighted by Gasteiger charge is 2.34. The first-order valence-electron chi connectivity index (χ1n) is 10.3. The maximum Gasteiger partial charge on any atom is 0.270 e. The molecule has 31 heavy (non-hydrogen) atoms. The lowest BCUT2D eigenvalue weighted by molar-refractivity contribution is 0.0728. The summed E-state index contributed by atoms with van der Waals surface area (Å²) in [6.07, 6.45) is 5.45. The van der Waals surface area contributed by atoms with Crippen molar-refractivity contribution >= 4 is 27.2 Å². The van der Waals surface area contributed by atoms with Gasteiger partial charge < -0.3 is 14.6 Å². The van der Waals surface area contributed by atoms with Gasteiger partial charge in [-0.1, -0.05) is 12.1 Å². The van der Waals surface area contributed by atoms with Gasteiger partial charge in [0.15, 0.2) is 0 Å². The first-order chi connectivity index (χ1) is 15.1. The maximum absolute atomic E-state index is 13.4. The molecule has 0 spiro atoms. The first-order valence-corrected chi connectivity index (χ1v) is 10.9. The predicted molar refractivity (Wildman–Crippen MR) is 119 cm³/mol. The molecule has 1 aliphatic rings. The number of rotatable bonds is 5. The first kappa shape index (κ1) is 19.6. The molecule has 8 heteroatoms. The summed E-state index contributed by atoms with van der Waals surface area (Å²) in [4.78, 5) is 23.2. The molecule has 5 rings (SSSR count). The minimum atomic E-state index is -0.00323. The van der Waals surface area contributed by atoms with Gasteiger partial charge in [0.1, 0.15) is 17.1 Å². The van der Waals surface area contributed by atoms with Crippen molar-refractivity contribution in [2.24, 2.45) is 0 Å². The van der Waals surface area contributed by atoms with Crippen LogP contribution in [0.3, 0.4) is 0 Å². The molecule has 2 N–H and O–H groups in total. The highest BCUT2D eigenvalue weighted by molar-refractivity contribution is 6.13. The SMILES string of the molecule is COc1cccc([C@H]([Si])[C@@H]2CCCN2C(=O)c2cc3ccc(-c4cn[nH]c4)nc3[nH]2)c1. The van der Waals surface area contributed by atoms with E-state index in [1.54, 1.807) is 19.5 Å². The molecule has 1 saturated heterocycles. The largest absolute Gasteiger partial charge is 0.497 e. The summed E-state index contributed by atoms with van der Waals surface area (Å²) in [5, 5.41) is 7.69. The standard InChI is InChI=1S/C23H22N5O2Si/c1-30-17-5-2-4-14(10-17)21(31)20-6-3-9-28(20)23(29)19-11-15-7-8-18(26-22(15)27-19)16-12-24-25-13-16/h2,4-5,7-8,10-13,20-21H,3,6,9H2,1H3,(H,24,25)(H,26,27)/t20-,21-/m0/s1. The Labute approximate surface area is 183 Å². The van der Waals surface area contributed by atoms with Crippen LogP contribution in [0.5, 0.6) is 5.75 Å². The zero-order valence-electron chi connectivity index (χ0n) is 17.1. The van der Waals surface area contributed by atoms with Crippen molar-refractivity contribution < 1.29 is 9.53 Å². The van der Waals surface area contributed by atoms with Crippen LogP contribution in [0.2, 0.25) is 0 Å². The summed E-state index contributed by atoms with van der Waals surface area (Å²) < 4.78 is 5.36. The van der Waals surface area contributed by atoms with Crippen molar-refractivity contribution in [3.05, 3.63) is 66.1 Å². The quantitative estimate of drug-likeness (QED) is 0.477. The summed E-state index contributed by atoms with van der Waals surface area (Å²) >= 11 is 0.